The predicted molar refractivity (Wildman–Crippen MR) is 66.0 cm³/mol. The number of benzene rings is 1. The van der Waals surface area contributed by atoms with Crippen LogP contribution in [-0.4, -0.2) is 39.3 Å². The molecule has 1 aromatic carbocycles. The highest BCUT2D eigenvalue weighted by atomic mass is 16.5. The summed E-state index contributed by atoms with van der Waals surface area (Å²) in [6.45, 7) is 2.83. The number of para-hydroxylation sites is 1. The van der Waals surface area contributed by atoms with Crippen LogP contribution < -0.4 is 10.2 Å². The van der Waals surface area contributed by atoms with Crippen LogP contribution in [0.4, 0.5) is 5.69 Å². The molecule has 1 aliphatic rings. The molecule has 0 saturated carbocycles. The fourth-order valence-electron chi connectivity index (χ4n) is 2.13. The molecule has 0 aliphatic carbocycles. The molecule has 0 unspecified atom stereocenters. The van der Waals surface area contributed by atoms with Gasteiger partial charge >= 0.3 is 0 Å². The second-order valence-electron chi connectivity index (χ2n) is 4.20. The molecule has 0 bridgehead atoms. The average Bonchev–Trinajstić information content (AvgIpc) is 2.78. The SMILES string of the molecule is COCC[NH2+]CC(=O)N1CCc2ccccc21. The number of rotatable bonds is 5. The maximum Gasteiger partial charge on any atom is 0.282 e. The van der Waals surface area contributed by atoms with Gasteiger partial charge in [0.05, 0.1) is 13.2 Å². The first-order valence-corrected chi connectivity index (χ1v) is 6.02. The third-order valence-corrected chi connectivity index (χ3v) is 3.03. The molecule has 92 valence electrons. The van der Waals surface area contributed by atoms with E-state index >= 15 is 0 Å². The van der Waals surface area contributed by atoms with Crippen LogP contribution in [0.25, 0.3) is 0 Å². The summed E-state index contributed by atoms with van der Waals surface area (Å²) >= 11 is 0. The highest BCUT2D eigenvalue weighted by Crippen LogP contribution is 2.26. The van der Waals surface area contributed by atoms with E-state index in [9.17, 15) is 4.79 Å². The van der Waals surface area contributed by atoms with Gasteiger partial charge in [0.1, 0.15) is 0 Å². The average molecular weight is 235 g/mol. The smallest absolute Gasteiger partial charge is 0.282 e. The van der Waals surface area contributed by atoms with Crippen molar-refractivity contribution in [3.63, 3.8) is 0 Å². The van der Waals surface area contributed by atoms with Crippen molar-refractivity contribution in [1.82, 2.24) is 0 Å². The highest BCUT2D eigenvalue weighted by Gasteiger charge is 2.24. The minimum Gasteiger partial charge on any atom is -0.379 e. The topological polar surface area (TPSA) is 46.1 Å². The Morgan fingerprint density at radius 3 is 3.12 bits per heavy atom. The summed E-state index contributed by atoms with van der Waals surface area (Å²) in [6, 6.07) is 8.13. The van der Waals surface area contributed by atoms with Gasteiger partial charge in [0.25, 0.3) is 5.91 Å². The van der Waals surface area contributed by atoms with Crippen molar-refractivity contribution < 1.29 is 14.8 Å². The summed E-state index contributed by atoms with van der Waals surface area (Å²) in [5, 5.41) is 1.99. The number of carbonyl (C=O) groups is 1. The van der Waals surface area contributed by atoms with Crippen molar-refractivity contribution >= 4 is 11.6 Å². The van der Waals surface area contributed by atoms with Gasteiger partial charge in [-0.2, -0.15) is 0 Å². The van der Waals surface area contributed by atoms with E-state index in [4.69, 9.17) is 4.74 Å². The van der Waals surface area contributed by atoms with Gasteiger partial charge in [0.15, 0.2) is 6.54 Å². The Morgan fingerprint density at radius 2 is 2.29 bits per heavy atom. The quantitative estimate of drug-likeness (QED) is 0.718. The maximum absolute atomic E-state index is 12.0. The Balaban J connectivity index is 1.89. The summed E-state index contributed by atoms with van der Waals surface area (Å²) in [7, 11) is 1.67. The van der Waals surface area contributed by atoms with Gasteiger partial charge in [0, 0.05) is 19.3 Å². The molecular weight excluding hydrogens is 216 g/mol. The molecule has 2 rings (SSSR count). The number of hydrogen-bond acceptors (Lipinski definition) is 2. The van der Waals surface area contributed by atoms with Crippen LogP contribution in [-0.2, 0) is 16.0 Å². The number of amides is 1. The molecule has 4 heteroatoms. The van der Waals surface area contributed by atoms with E-state index in [1.54, 1.807) is 7.11 Å². The molecule has 1 amide bonds. The van der Waals surface area contributed by atoms with Gasteiger partial charge in [-0.15, -0.1) is 0 Å². The van der Waals surface area contributed by atoms with E-state index < -0.39 is 0 Å². The third-order valence-electron chi connectivity index (χ3n) is 3.03. The molecule has 17 heavy (non-hydrogen) atoms. The molecular formula is C13H19N2O2+. The third kappa shape index (κ3) is 2.84. The van der Waals surface area contributed by atoms with Gasteiger partial charge in [-0.05, 0) is 18.1 Å². The Labute approximate surface area is 102 Å². The van der Waals surface area contributed by atoms with E-state index in [0.717, 1.165) is 25.2 Å². The summed E-state index contributed by atoms with van der Waals surface area (Å²) in [5.41, 5.74) is 2.36. The second kappa shape index (κ2) is 5.80. The number of carbonyl (C=O) groups excluding carboxylic acids is 1. The van der Waals surface area contributed by atoms with Gasteiger partial charge in [-0.1, -0.05) is 18.2 Å². The summed E-state index contributed by atoms with van der Waals surface area (Å²) in [6.07, 6.45) is 0.972. The fraction of sp³-hybridized carbons (Fsp3) is 0.462. The largest absolute Gasteiger partial charge is 0.379 e. The van der Waals surface area contributed by atoms with E-state index in [-0.39, 0.29) is 5.91 Å². The van der Waals surface area contributed by atoms with Gasteiger partial charge in [-0.25, -0.2) is 0 Å². The lowest BCUT2D eigenvalue weighted by molar-refractivity contribution is -0.645. The van der Waals surface area contributed by atoms with Crippen LogP contribution in [0.15, 0.2) is 24.3 Å². The maximum atomic E-state index is 12.0. The van der Waals surface area contributed by atoms with Crippen LogP contribution in [0.2, 0.25) is 0 Å². The number of nitrogens with two attached hydrogens (primary N) is 1. The van der Waals surface area contributed by atoms with Gasteiger partial charge in [0.2, 0.25) is 0 Å². The molecule has 0 radical (unpaired) electrons. The van der Waals surface area contributed by atoms with Gasteiger partial charge < -0.3 is 15.0 Å². The molecule has 4 nitrogen and oxygen atoms in total. The summed E-state index contributed by atoms with van der Waals surface area (Å²) < 4.78 is 4.95. The van der Waals surface area contributed by atoms with Crippen LogP contribution in [0.5, 0.6) is 0 Å². The molecule has 0 fully saturated rings. The number of anilines is 1. The van der Waals surface area contributed by atoms with Gasteiger partial charge in [-0.3, -0.25) is 4.79 Å². The van der Waals surface area contributed by atoms with E-state index in [2.05, 4.69) is 6.07 Å². The number of ether oxygens (including phenoxy) is 1. The van der Waals surface area contributed by atoms with E-state index in [0.29, 0.717) is 13.2 Å². The molecule has 2 N–H and O–H groups in total. The Morgan fingerprint density at radius 1 is 1.47 bits per heavy atom. The fourth-order valence-corrected chi connectivity index (χ4v) is 2.13. The van der Waals surface area contributed by atoms with E-state index in [1.165, 1.54) is 5.56 Å². The number of quaternary nitrogens is 1. The Hall–Kier alpha value is -1.39. The standard InChI is InChI=1S/C13H18N2O2/c1-17-9-7-14-10-13(16)15-8-6-11-4-2-3-5-12(11)15/h2-5,14H,6-10H2,1H3/p+1. The zero-order valence-corrected chi connectivity index (χ0v) is 10.2. The highest BCUT2D eigenvalue weighted by molar-refractivity contribution is 5.96. The van der Waals surface area contributed by atoms with Crippen LogP contribution in [0, 0.1) is 0 Å². The predicted octanol–water partition coefficient (Wildman–Crippen LogP) is -0.214. The van der Waals surface area contributed by atoms with Crippen molar-refractivity contribution in [3.05, 3.63) is 29.8 Å². The van der Waals surface area contributed by atoms with Crippen molar-refractivity contribution in [1.29, 1.82) is 0 Å². The lowest BCUT2D eigenvalue weighted by atomic mass is 10.2. The molecule has 1 aromatic rings. The summed E-state index contributed by atoms with van der Waals surface area (Å²) in [4.78, 5) is 13.9. The molecule has 0 spiro atoms. The first-order chi connectivity index (χ1) is 8.33. The van der Waals surface area contributed by atoms with Crippen molar-refractivity contribution in [3.8, 4) is 0 Å². The van der Waals surface area contributed by atoms with E-state index in [1.807, 2.05) is 28.4 Å². The van der Waals surface area contributed by atoms with Crippen LogP contribution >= 0.6 is 0 Å². The van der Waals surface area contributed by atoms with Crippen molar-refractivity contribution in [2.75, 3.05) is 38.3 Å². The number of hydrogen-bond donors (Lipinski definition) is 1. The normalized spacial score (nSPS) is 13.8. The van der Waals surface area contributed by atoms with Crippen molar-refractivity contribution in [2.24, 2.45) is 0 Å². The second-order valence-corrected chi connectivity index (χ2v) is 4.20. The molecule has 0 atom stereocenters. The monoisotopic (exact) mass is 235 g/mol. The van der Waals surface area contributed by atoms with Crippen molar-refractivity contribution in [2.45, 2.75) is 6.42 Å². The minimum atomic E-state index is 0.186. The molecule has 0 aromatic heterocycles. The van der Waals surface area contributed by atoms with Crippen LogP contribution in [0.1, 0.15) is 5.56 Å². The Kier molecular flexibility index (Phi) is 4.12. The number of methoxy groups -OCH3 is 1. The Bertz CT molecular complexity index is 393. The lowest BCUT2D eigenvalue weighted by Crippen LogP contribution is -2.87. The molecule has 0 saturated heterocycles. The number of nitrogens with zero attached hydrogens (tertiary/aromatic N) is 1. The molecule has 1 heterocycles. The zero-order chi connectivity index (χ0) is 12.1. The zero-order valence-electron chi connectivity index (χ0n) is 10.2. The lowest BCUT2D eigenvalue weighted by Gasteiger charge is -2.16. The number of fused-ring (bicyclic) bond motifs is 1. The summed E-state index contributed by atoms with van der Waals surface area (Å²) in [5.74, 6) is 0.186. The first-order valence-electron chi connectivity index (χ1n) is 6.02. The first kappa shape index (κ1) is 12.1. The van der Waals surface area contributed by atoms with Crippen LogP contribution in [0.3, 0.4) is 0 Å². The minimum absolute atomic E-state index is 0.186. The molecule has 1 aliphatic heterocycles.